The van der Waals surface area contributed by atoms with Crippen LogP contribution in [0.2, 0.25) is 0 Å². The van der Waals surface area contributed by atoms with E-state index in [0.717, 1.165) is 87.9 Å². The number of nitrogen functional groups attached to an aromatic ring is 1. The molecule has 3 amide bonds. The first kappa shape index (κ1) is 42.8. The molecule has 342 valence electrons. The highest BCUT2D eigenvalue weighted by Crippen LogP contribution is 2.48. The van der Waals surface area contributed by atoms with Gasteiger partial charge in [-0.25, -0.2) is 33.4 Å². The summed E-state index contributed by atoms with van der Waals surface area (Å²) in [6.45, 7) is 9.48. The average molecular weight is 892 g/mol. The second kappa shape index (κ2) is 17.4. The molecule has 1 aromatic carbocycles. The topological polar surface area (TPSA) is 206 Å². The molecule has 4 aromatic heterocycles. The molecule has 4 aliphatic heterocycles. The number of anilines is 3. The first-order valence-corrected chi connectivity index (χ1v) is 23.1. The number of amides is 3. The Kier molecular flexibility index (Phi) is 11.4. The number of fused-ring (bicyclic) bond motifs is 1. The molecule has 1 saturated carbocycles. The molecular formula is C46H55F2N13O4. The van der Waals surface area contributed by atoms with E-state index in [4.69, 9.17) is 25.3 Å². The van der Waals surface area contributed by atoms with E-state index in [0.29, 0.717) is 66.7 Å². The van der Waals surface area contributed by atoms with Crippen molar-refractivity contribution in [3.63, 3.8) is 0 Å². The maximum absolute atomic E-state index is 15.1. The third-order valence-corrected chi connectivity index (χ3v) is 13.8. The summed E-state index contributed by atoms with van der Waals surface area (Å²) in [5, 5.41) is 15.1. The highest BCUT2D eigenvalue weighted by molar-refractivity contribution is 6.02. The number of hydrogen-bond donors (Lipinski definition) is 3. The first-order valence-electron chi connectivity index (χ1n) is 23.1. The molecule has 8 heterocycles. The van der Waals surface area contributed by atoms with Gasteiger partial charge in [-0.15, -0.1) is 0 Å². The van der Waals surface area contributed by atoms with E-state index in [-0.39, 0.29) is 59.3 Å². The Labute approximate surface area is 374 Å². The summed E-state index contributed by atoms with van der Waals surface area (Å²) in [6, 6.07) is 1.75. The quantitative estimate of drug-likeness (QED) is 0.0821. The van der Waals surface area contributed by atoms with Crippen LogP contribution in [0.25, 0.3) is 33.8 Å². The largest absolute Gasteiger partial charge is 0.383 e. The van der Waals surface area contributed by atoms with Crippen molar-refractivity contribution in [1.29, 1.82) is 0 Å². The number of piperidine rings is 2. The number of nitrogens with one attached hydrogen (secondary N) is 2. The molecule has 19 heteroatoms. The van der Waals surface area contributed by atoms with Crippen LogP contribution in [0.15, 0.2) is 35.4 Å². The molecule has 0 bridgehead atoms. The van der Waals surface area contributed by atoms with Crippen LogP contribution < -0.4 is 21.3 Å². The van der Waals surface area contributed by atoms with Gasteiger partial charge in [0.1, 0.15) is 35.3 Å². The van der Waals surface area contributed by atoms with E-state index < -0.39 is 23.6 Å². The van der Waals surface area contributed by atoms with Crippen LogP contribution in [0.4, 0.5) is 26.0 Å². The van der Waals surface area contributed by atoms with Crippen molar-refractivity contribution in [2.75, 3.05) is 61.8 Å². The molecule has 1 atom stereocenters. The van der Waals surface area contributed by atoms with Crippen molar-refractivity contribution >= 4 is 45.9 Å². The highest BCUT2D eigenvalue weighted by atomic mass is 19.1. The third-order valence-electron chi connectivity index (χ3n) is 13.8. The van der Waals surface area contributed by atoms with Gasteiger partial charge in [-0.05, 0) is 89.0 Å². The maximum atomic E-state index is 15.1. The minimum absolute atomic E-state index is 0.0330. The summed E-state index contributed by atoms with van der Waals surface area (Å²) in [5.74, 6) is 0.163. The molecule has 4 saturated heterocycles. The zero-order chi connectivity index (χ0) is 45.0. The van der Waals surface area contributed by atoms with Crippen molar-refractivity contribution < 1.29 is 27.7 Å². The Morgan fingerprint density at radius 3 is 2.34 bits per heavy atom. The number of imide groups is 1. The number of nitrogens with two attached hydrogens (primary N) is 1. The lowest BCUT2D eigenvalue weighted by Crippen LogP contribution is -2.72. The number of carbonyl (C=O) groups is 3. The smallest absolute Gasteiger partial charge is 0.249 e. The molecule has 10 rings (SSSR count). The van der Waals surface area contributed by atoms with Crippen LogP contribution in [0.5, 0.6) is 0 Å². The van der Waals surface area contributed by atoms with E-state index >= 15 is 8.78 Å². The van der Waals surface area contributed by atoms with Gasteiger partial charge in [0.05, 0.1) is 10.9 Å². The van der Waals surface area contributed by atoms with Crippen molar-refractivity contribution in [2.45, 2.75) is 108 Å². The van der Waals surface area contributed by atoms with Crippen LogP contribution >= 0.6 is 0 Å². The molecule has 17 nitrogen and oxygen atoms in total. The minimum atomic E-state index is -0.714. The van der Waals surface area contributed by atoms with Crippen LogP contribution in [0.3, 0.4) is 0 Å². The summed E-state index contributed by atoms with van der Waals surface area (Å²) in [5.41, 5.74) is 10.1. The number of carbonyl (C=O) groups excluding carboxylic acids is 3. The number of hydrogen-bond acceptors (Lipinski definition) is 14. The Morgan fingerprint density at radius 2 is 1.65 bits per heavy atom. The molecule has 1 spiro atoms. The fraction of sp³-hybridized carbons (Fsp3) is 0.543. The first-order chi connectivity index (χ1) is 31.4. The average Bonchev–Trinajstić information content (AvgIpc) is 3.88. The zero-order valence-corrected chi connectivity index (χ0v) is 36.9. The third kappa shape index (κ3) is 8.50. The van der Waals surface area contributed by atoms with Gasteiger partial charge in [0, 0.05) is 87.6 Å². The summed E-state index contributed by atoms with van der Waals surface area (Å²) in [6.07, 6.45) is 13.9. The monoisotopic (exact) mass is 891 g/mol. The predicted octanol–water partition coefficient (Wildman–Crippen LogP) is 5.95. The Balaban J connectivity index is 0.643. The number of aromatic nitrogens is 7. The second-order valence-electron chi connectivity index (χ2n) is 19.1. The number of nitrogens with zero attached hydrogens (tertiary/aromatic N) is 10. The van der Waals surface area contributed by atoms with Crippen LogP contribution in [-0.2, 0) is 14.4 Å². The summed E-state index contributed by atoms with van der Waals surface area (Å²) in [4.78, 5) is 61.3. The van der Waals surface area contributed by atoms with E-state index in [1.165, 1.54) is 18.5 Å². The van der Waals surface area contributed by atoms with Gasteiger partial charge in [-0.1, -0.05) is 18.0 Å². The zero-order valence-electron chi connectivity index (χ0n) is 36.9. The van der Waals surface area contributed by atoms with Gasteiger partial charge in [0.25, 0.3) is 0 Å². The fourth-order valence-corrected chi connectivity index (χ4v) is 10.3. The van der Waals surface area contributed by atoms with Gasteiger partial charge in [-0.3, -0.25) is 19.7 Å². The van der Waals surface area contributed by atoms with E-state index in [9.17, 15) is 14.4 Å². The number of benzene rings is 1. The molecular weight excluding hydrogens is 837 g/mol. The normalized spacial score (nSPS) is 20.1. The maximum Gasteiger partial charge on any atom is 0.249 e. The molecule has 1 unspecified atom stereocenters. The lowest BCUT2D eigenvalue weighted by molar-refractivity contribution is -0.134. The Bertz CT molecular complexity index is 2580. The lowest BCUT2D eigenvalue weighted by Gasteiger charge is -2.61. The van der Waals surface area contributed by atoms with Gasteiger partial charge in [0.2, 0.25) is 17.7 Å². The molecule has 0 radical (unpaired) electrons. The fourth-order valence-electron chi connectivity index (χ4n) is 10.3. The molecule has 5 fully saturated rings. The summed E-state index contributed by atoms with van der Waals surface area (Å²) >= 11 is 0. The molecule has 5 aliphatic rings. The molecule has 65 heavy (non-hydrogen) atoms. The summed E-state index contributed by atoms with van der Waals surface area (Å²) in [7, 11) is 0. The number of rotatable bonds is 15. The Morgan fingerprint density at radius 1 is 0.923 bits per heavy atom. The van der Waals surface area contributed by atoms with Crippen molar-refractivity contribution in [2.24, 2.45) is 5.41 Å². The molecule has 5 aromatic rings. The number of likely N-dealkylation sites (tertiary alicyclic amines) is 2. The predicted molar refractivity (Wildman–Crippen MR) is 237 cm³/mol. The Hall–Kier alpha value is -6.11. The van der Waals surface area contributed by atoms with Crippen LogP contribution in [0, 0.1) is 17.0 Å². The van der Waals surface area contributed by atoms with E-state index in [1.807, 2.05) is 35.8 Å². The van der Waals surface area contributed by atoms with Crippen molar-refractivity contribution in [3.05, 3.63) is 53.8 Å². The standard InChI is InChI=1S/C46H55F2N13O4/c1-26(2)61-44-37(42(49)52-25-53-44)38(56-61)39-36(41(65-57-39)28-8-9-28)43-50-19-29(20-51-43)27-12-15-59(16-13-27)35(63)7-5-3-4-6-14-58-21-46(22-58)23-60(24-46)40-31(47)17-30(18-32(40)48)54-33-10-11-34(62)55-45(33)64/h17-20,25-28,33,54H,3-16,21-24H2,1-2H3,(H2,49,52,53)(H,55,62,64). The van der Waals surface area contributed by atoms with E-state index in [1.54, 1.807) is 4.90 Å². The summed E-state index contributed by atoms with van der Waals surface area (Å²) < 4.78 is 38.0. The van der Waals surface area contributed by atoms with Crippen molar-refractivity contribution in [1.82, 2.24) is 50.0 Å². The van der Waals surface area contributed by atoms with E-state index in [2.05, 4.69) is 30.7 Å². The second-order valence-corrected chi connectivity index (χ2v) is 19.1. The van der Waals surface area contributed by atoms with Gasteiger partial charge >= 0.3 is 0 Å². The minimum Gasteiger partial charge on any atom is -0.383 e. The highest BCUT2D eigenvalue weighted by Gasteiger charge is 2.52. The van der Waals surface area contributed by atoms with Crippen molar-refractivity contribution in [3.8, 4) is 22.8 Å². The van der Waals surface area contributed by atoms with Crippen LogP contribution in [-0.4, -0.2) is 114 Å². The van der Waals surface area contributed by atoms with Gasteiger partial charge in [0.15, 0.2) is 28.9 Å². The number of unbranched alkanes of at least 4 members (excludes halogenated alkanes) is 3. The lowest BCUT2D eigenvalue weighted by atomic mass is 9.72. The molecule has 4 N–H and O–H groups in total. The van der Waals surface area contributed by atoms with Gasteiger partial charge in [-0.2, -0.15) is 5.10 Å². The SMILES string of the molecule is CC(C)n1nc(-c2noc(C3CC3)c2-c2ncc(C3CCN(C(=O)CCCCCCN4CC5(C4)CN(c4c(F)cc(NC6CCC(=O)NC6=O)cc4F)C5)CC3)cn2)c2c(N)ncnc21. The van der Waals surface area contributed by atoms with Crippen LogP contribution in [0.1, 0.15) is 114 Å². The number of halogens is 2. The van der Waals surface area contributed by atoms with Gasteiger partial charge < -0.3 is 30.3 Å². The molecule has 1 aliphatic carbocycles.